The van der Waals surface area contributed by atoms with E-state index in [1.807, 2.05) is 0 Å². The predicted molar refractivity (Wildman–Crippen MR) is 67.7 cm³/mol. The summed E-state index contributed by atoms with van der Waals surface area (Å²) in [7, 11) is 0. The molecule has 0 fully saturated rings. The van der Waals surface area contributed by atoms with Crippen LogP contribution in [0.15, 0.2) is 18.2 Å². The summed E-state index contributed by atoms with van der Waals surface area (Å²) < 4.78 is 9.51. The number of hydrogen-bond donors (Lipinski definition) is 1. The van der Waals surface area contributed by atoms with Gasteiger partial charge in [-0.05, 0) is 18.2 Å². The van der Waals surface area contributed by atoms with Crippen molar-refractivity contribution in [2.75, 3.05) is 0 Å². The number of benzene rings is 1. The van der Waals surface area contributed by atoms with Crippen molar-refractivity contribution in [2.24, 2.45) is 0 Å². The first-order valence-corrected chi connectivity index (χ1v) is 6.23. The monoisotopic (exact) mass is 304 g/mol. The van der Waals surface area contributed by atoms with Gasteiger partial charge in [0.25, 0.3) is 0 Å². The molecule has 1 aromatic carbocycles. The third kappa shape index (κ3) is 2.90. The second-order valence-electron chi connectivity index (χ2n) is 3.23. The molecule has 1 N–H and O–H groups in total. The average Bonchev–Trinajstić information content (AvgIpc) is 2.73. The van der Waals surface area contributed by atoms with Crippen LogP contribution in [0.1, 0.15) is 16.1 Å². The Labute approximate surface area is 116 Å². The molecule has 0 aliphatic rings. The predicted octanol–water partition coefficient (Wildman–Crippen LogP) is 3.12. The molecule has 2 rings (SSSR count). The third-order valence-corrected chi connectivity index (χ3v) is 3.33. The molecule has 0 atom stereocenters. The molecule has 0 radical (unpaired) electrons. The summed E-state index contributed by atoms with van der Waals surface area (Å²) in [5, 5.41) is 12.8. The molecule has 0 spiro atoms. The fourth-order valence-electron chi connectivity index (χ4n) is 1.18. The molecule has 0 bridgehead atoms. The lowest BCUT2D eigenvalue weighted by Crippen LogP contribution is -1.99. The van der Waals surface area contributed by atoms with Crippen LogP contribution in [0.25, 0.3) is 0 Å². The summed E-state index contributed by atoms with van der Waals surface area (Å²) >= 11 is 12.8. The molecule has 1 heterocycles. The summed E-state index contributed by atoms with van der Waals surface area (Å²) in [4.78, 5) is 10.7. The number of rotatable bonds is 4. The number of aromatic nitrogens is 2. The van der Waals surface area contributed by atoms with Gasteiger partial charge in [-0.25, -0.2) is 4.79 Å². The Morgan fingerprint density at radius 3 is 2.78 bits per heavy atom. The molecule has 0 amide bonds. The highest BCUT2D eigenvalue weighted by molar-refractivity contribution is 7.10. The molecule has 0 aliphatic carbocycles. The fraction of sp³-hybridized carbons (Fsp3) is 0.100. The minimum Gasteiger partial charge on any atom is -0.486 e. The van der Waals surface area contributed by atoms with Crippen LogP contribution < -0.4 is 4.74 Å². The molecule has 5 nitrogen and oxygen atoms in total. The maximum absolute atomic E-state index is 10.7. The Hall–Kier alpha value is -1.37. The molecular weight excluding hydrogens is 299 g/mol. The molecule has 0 saturated heterocycles. The van der Waals surface area contributed by atoms with Crippen LogP contribution in [-0.2, 0) is 6.61 Å². The standard InChI is InChI=1S/C10H6Cl2N2O3S/c11-6-3-5(10(15)16)1-2-8(6)17-4-7-9(12)18-14-13-7/h1-3H,4H2,(H,15,16). The van der Waals surface area contributed by atoms with Gasteiger partial charge < -0.3 is 9.84 Å². The fourth-order valence-corrected chi connectivity index (χ4v) is 2.02. The van der Waals surface area contributed by atoms with E-state index in [0.717, 1.165) is 11.5 Å². The summed E-state index contributed by atoms with van der Waals surface area (Å²) in [6, 6.07) is 4.21. The van der Waals surface area contributed by atoms with Crippen molar-refractivity contribution < 1.29 is 14.6 Å². The number of nitrogens with zero attached hydrogens (tertiary/aromatic N) is 2. The van der Waals surface area contributed by atoms with Crippen LogP contribution in [0.2, 0.25) is 9.36 Å². The molecular formula is C10H6Cl2N2O3S. The quantitative estimate of drug-likeness (QED) is 0.939. The van der Waals surface area contributed by atoms with Crippen molar-refractivity contribution >= 4 is 40.7 Å². The van der Waals surface area contributed by atoms with Crippen LogP contribution in [0.5, 0.6) is 5.75 Å². The molecule has 0 unspecified atom stereocenters. The smallest absolute Gasteiger partial charge is 0.335 e. The lowest BCUT2D eigenvalue weighted by atomic mass is 10.2. The highest BCUT2D eigenvalue weighted by atomic mass is 35.5. The van der Waals surface area contributed by atoms with Gasteiger partial charge in [0.15, 0.2) is 0 Å². The SMILES string of the molecule is O=C(O)c1ccc(OCc2nnsc2Cl)c(Cl)c1. The second-order valence-corrected chi connectivity index (χ2v) is 5.00. The highest BCUT2D eigenvalue weighted by Gasteiger charge is 2.10. The van der Waals surface area contributed by atoms with Crippen LogP contribution >= 0.6 is 34.7 Å². The van der Waals surface area contributed by atoms with Crippen LogP contribution in [0, 0.1) is 0 Å². The highest BCUT2D eigenvalue weighted by Crippen LogP contribution is 2.27. The lowest BCUT2D eigenvalue weighted by Gasteiger charge is -2.07. The maximum Gasteiger partial charge on any atom is 0.335 e. The number of aromatic carboxylic acids is 1. The van der Waals surface area contributed by atoms with Gasteiger partial charge in [0.05, 0.1) is 10.6 Å². The van der Waals surface area contributed by atoms with Gasteiger partial charge in [-0.1, -0.05) is 27.7 Å². The Bertz CT molecular complexity index is 588. The first kappa shape index (κ1) is 13.1. The number of halogens is 2. The van der Waals surface area contributed by atoms with Crippen LogP contribution in [0.3, 0.4) is 0 Å². The Balaban J connectivity index is 2.11. The molecule has 0 aliphatic heterocycles. The number of carboxylic acid groups (broad SMARTS) is 1. The van der Waals surface area contributed by atoms with Crippen molar-refractivity contribution in [2.45, 2.75) is 6.61 Å². The minimum absolute atomic E-state index is 0.0979. The van der Waals surface area contributed by atoms with E-state index >= 15 is 0 Å². The molecule has 1 aromatic heterocycles. The third-order valence-electron chi connectivity index (χ3n) is 2.05. The Morgan fingerprint density at radius 1 is 1.44 bits per heavy atom. The van der Waals surface area contributed by atoms with E-state index in [0.29, 0.717) is 15.8 Å². The van der Waals surface area contributed by atoms with E-state index in [1.54, 1.807) is 0 Å². The number of hydrogen-bond acceptors (Lipinski definition) is 5. The van der Waals surface area contributed by atoms with Gasteiger partial charge in [-0.3, -0.25) is 0 Å². The van der Waals surface area contributed by atoms with E-state index in [4.69, 9.17) is 33.0 Å². The zero-order valence-electron chi connectivity index (χ0n) is 8.76. The van der Waals surface area contributed by atoms with Crippen molar-refractivity contribution in [1.29, 1.82) is 0 Å². The first-order chi connectivity index (χ1) is 8.58. The molecule has 8 heteroatoms. The summed E-state index contributed by atoms with van der Waals surface area (Å²) in [5.74, 6) is -0.680. The molecule has 0 saturated carbocycles. The summed E-state index contributed by atoms with van der Waals surface area (Å²) in [5.41, 5.74) is 0.612. The van der Waals surface area contributed by atoms with Crippen molar-refractivity contribution in [1.82, 2.24) is 9.59 Å². The summed E-state index contributed by atoms with van der Waals surface area (Å²) in [6.45, 7) is 0.126. The molecule has 94 valence electrons. The van der Waals surface area contributed by atoms with Crippen LogP contribution in [-0.4, -0.2) is 20.7 Å². The maximum atomic E-state index is 10.7. The van der Waals surface area contributed by atoms with E-state index in [2.05, 4.69) is 9.59 Å². The van der Waals surface area contributed by atoms with Crippen molar-refractivity contribution in [3.63, 3.8) is 0 Å². The van der Waals surface area contributed by atoms with Crippen molar-refractivity contribution in [3.05, 3.63) is 38.8 Å². The van der Waals surface area contributed by atoms with Gasteiger partial charge in [0.1, 0.15) is 22.4 Å². The topological polar surface area (TPSA) is 72.3 Å². The summed E-state index contributed by atoms with van der Waals surface area (Å²) in [6.07, 6.45) is 0. The van der Waals surface area contributed by atoms with Crippen molar-refractivity contribution in [3.8, 4) is 5.75 Å². The number of carboxylic acids is 1. The first-order valence-electron chi connectivity index (χ1n) is 4.70. The minimum atomic E-state index is -1.05. The zero-order valence-corrected chi connectivity index (χ0v) is 11.1. The van der Waals surface area contributed by atoms with Gasteiger partial charge >= 0.3 is 5.97 Å². The molecule has 2 aromatic rings. The zero-order chi connectivity index (χ0) is 13.1. The Morgan fingerprint density at radius 2 is 2.22 bits per heavy atom. The van der Waals surface area contributed by atoms with Gasteiger partial charge in [0, 0.05) is 11.5 Å². The second kappa shape index (κ2) is 5.51. The van der Waals surface area contributed by atoms with Gasteiger partial charge in [0.2, 0.25) is 0 Å². The average molecular weight is 305 g/mol. The van der Waals surface area contributed by atoms with E-state index < -0.39 is 5.97 Å². The van der Waals surface area contributed by atoms with E-state index in [-0.39, 0.29) is 17.2 Å². The number of ether oxygens (including phenoxy) is 1. The van der Waals surface area contributed by atoms with E-state index in [1.165, 1.54) is 18.2 Å². The normalized spacial score (nSPS) is 10.3. The van der Waals surface area contributed by atoms with Crippen LogP contribution in [0.4, 0.5) is 0 Å². The lowest BCUT2D eigenvalue weighted by molar-refractivity contribution is 0.0697. The van der Waals surface area contributed by atoms with Gasteiger partial charge in [-0.15, -0.1) is 5.10 Å². The van der Waals surface area contributed by atoms with E-state index in [9.17, 15) is 4.79 Å². The largest absolute Gasteiger partial charge is 0.486 e. The number of carbonyl (C=O) groups is 1. The Kier molecular flexibility index (Phi) is 4.00. The van der Waals surface area contributed by atoms with Gasteiger partial charge in [-0.2, -0.15) is 0 Å². The molecule has 18 heavy (non-hydrogen) atoms.